The molecule has 1 unspecified atom stereocenters. The minimum absolute atomic E-state index is 0.239. The van der Waals surface area contributed by atoms with Crippen molar-refractivity contribution in [1.29, 1.82) is 0 Å². The van der Waals surface area contributed by atoms with Gasteiger partial charge in [-0.15, -0.1) is 0 Å². The van der Waals surface area contributed by atoms with Gasteiger partial charge in [0.2, 0.25) is 5.75 Å². The van der Waals surface area contributed by atoms with Crippen molar-refractivity contribution < 1.29 is 23.7 Å². The van der Waals surface area contributed by atoms with Crippen LogP contribution in [0.5, 0.6) is 17.2 Å². The molecule has 0 fully saturated rings. The van der Waals surface area contributed by atoms with Gasteiger partial charge >= 0.3 is 5.97 Å². The zero-order valence-electron chi connectivity index (χ0n) is 13.0. The van der Waals surface area contributed by atoms with Gasteiger partial charge in [-0.2, -0.15) is 0 Å². The Kier molecular flexibility index (Phi) is 6.30. The standard InChI is InChI=1S/C15H23NO5/c1-5-20-14(17)15(2,16)9-10-21-13-11(18-3)7-6-8-12(13)19-4/h6-8H,5,9-10,16H2,1-4H3. The summed E-state index contributed by atoms with van der Waals surface area (Å²) >= 11 is 0. The van der Waals surface area contributed by atoms with E-state index < -0.39 is 11.5 Å². The van der Waals surface area contributed by atoms with Crippen LogP contribution in [0.4, 0.5) is 0 Å². The number of carbonyl (C=O) groups excluding carboxylic acids is 1. The average molecular weight is 297 g/mol. The Hall–Kier alpha value is -1.95. The Labute approximate surface area is 125 Å². The van der Waals surface area contributed by atoms with E-state index in [1.165, 1.54) is 0 Å². The van der Waals surface area contributed by atoms with Crippen molar-refractivity contribution in [2.45, 2.75) is 25.8 Å². The van der Waals surface area contributed by atoms with Gasteiger partial charge in [0.1, 0.15) is 5.54 Å². The van der Waals surface area contributed by atoms with E-state index in [0.29, 0.717) is 30.3 Å². The maximum absolute atomic E-state index is 11.7. The van der Waals surface area contributed by atoms with Crippen molar-refractivity contribution in [1.82, 2.24) is 0 Å². The molecule has 1 aromatic rings. The number of benzene rings is 1. The molecule has 0 aliphatic carbocycles. The Morgan fingerprint density at radius 2 is 1.81 bits per heavy atom. The molecule has 6 nitrogen and oxygen atoms in total. The normalized spacial score (nSPS) is 13.2. The number of hydrogen-bond acceptors (Lipinski definition) is 6. The van der Waals surface area contributed by atoms with E-state index in [2.05, 4.69) is 0 Å². The molecule has 0 spiro atoms. The van der Waals surface area contributed by atoms with E-state index in [4.69, 9.17) is 24.7 Å². The molecule has 1 aromatic carbocycles. The highest BCUT2D eigenvalue weighted by Gasteiger charge is 2.30. The Morgan fingerprint density at radius 3 is 2.29 bits per heavy atom. The smallest absolute Gasteiger partial charge is 0.325 e. The molecule has 1 rings (SSSR count). The summed E-state index contributed by atoms with van der Waals surface area (Å²) in [4.78, 5) is 11.7. The quantitative estimate of drug-likeness (QED) is 0.736. The minimum atomic E-state index is -1.09. The fourth-order valence-corrected chi connectivity index (χ4v) is 1.72. The van der Waals surface area contributed by atoms with Gasteiger partial charge in [0.05, 0.1) is 27.4 Å². The molecule has 0 bridgehead atoms. The second kappa shape index (κ2) is 7.73. The van der Waals surface area contributed by atoms with Crippen molar-refractivity contribution >= 4 is 5.97 Å². The third-order valence-electron chi connectivity index (χ3n) is 2.99. The maximum atomic E-state index is 11.7. The second-order valence-electron chi connectivity index (χ2n) is 4.73. The molecular weight excluding hydrogens is 274 g/mol. The molecule has 118 valence electrons. The Balaban J connectivity index is 2.70. The number of carbonyl (C=O) groups is 1. The zero-order valence-corrected chi connectivity index (χ0v) is 13.0. The molecule has 0 saturated heterocycles. The molecule has 0 amide bonds. The van der Waals surface area contributed by atoms with Gasteiger partial charge in [-0.3, -0.25) is 4.79 Å². The van der Waals surface area contributed by atoms with Crippen LogP contribution in [0.25, 0.3) is 0 Å². The minimum Gasteiger partial charge on any atom is -0.493 e. The molecule has 6 heteroatoms. The lowest BCUT2D eigenvalue weighted by atomic mass is 10.0. The Bertz CT molecular complexity index is 451. The van der Waals surface area contributed by atoms with Crippen LogP contribution in [0.2, 0.25) is 0 Å². The molecule has 1 atom stereocenters. The monoisotopic (exact) mass is 297 g/mol. The Morgan fingerprint density at radius 1 is 1.24 bits per heavy atom. The van der Waals surface area contributed by atoms with Crippen LogP contribution in [0.15, 0.2) is 18.2 Å². The van der Waals surface area contributed by atoms with Gasteiger partial charge in [-0.25, -0.2) is 0 Å². The summed E-state index contributed by atoms with van der Waals surface area (Å²) in [5.74, 6) is 1.16. The van der Waals surface area contributed by atoms with Crippen LogP contribution in [0, 0.1) is 0 Å². The highest BCUT2D eigenvalue weighted by molar-refractivity contribution is 5.79. The number of ether oxygens (including phenoxy) is 4. The lowest BCUT2D eigenvalue weighted by Gasteiger charge is -2.22. The van der Waals surface area contributed by atoms with Gasteiger partial charge in [0.25, 0.3) is 0 Å². The first-order chi connectivity index (χ1) is 9.96. The molecule has 0 radical (unpaired) electrons. The topological polar surface area (TPSA) is 80.0 Å². The molecular formula is C15H23NO5. The maximum Gasteiger partial charge on any atom is 0.325 e. The van der Waals surface area contributed by atoms with Crippen LogP contribution in [-0.4, -0.2) is 38.9 Å². The van der Waals surface area contributed by atoms with E-state index in [1.807, 2.05) is 0 Å². The fourth-order valence-electron chi connectivity index (χ4n) is 1.72. The van der Waals surface area contributed by atoms with Crippen LogP contribution >= 0.6 is 0 Å². The van der Waals surface area contributed by atoms with Crippen molar-refractivity contribution in [3.8, 4) is 17.2 Å². The third-order valence-corrected chi connectivity index (χ3v) is 2.99. The van der Waals surface area contributed by atoms with Crippen LogP contribution in [0.1, 0.15) is 20.3 Å². The lowest BCUT2D eigenvalue weighted by Crippen LogP contribution is -2.47. The summed E-state index contributed by atoms with van der Waals surface area (Å²) in [7, 11) is 3.10. The lowest BCUT2D eigenvalue weighted by molar-refractivity contribution is -0.149. The summed E-state index contributed by atoms with van der Waals surface area (Å²) in [6, 6.07) is 5.34. The van der Waals surface area contributed by atoms with Crippen LogP contribution in [0.3, 0.4) is 0 Å². The van der Waals surface area contributed by atoms with E-state index in [9.17, 15) is 4.79 Å². The first-order valence-corrected chi connectivity index (χ1v) is 6.76. The zero-order chi connectivity index (χ0) is 15.9. The number of nitrogens with two attached hydrogens (primary N) is 1. The average Bonchev–Trinajstić information content (AvgIpc) is 2.47. The van der Waals surface area contributed by atoms with Crippen molar-refractivity contribution in [3.05, 3.63) is 18.2 Å². The van der Waals surface area contributed by atoms with E-state index in [-0.39, 0.29) is 6.61 Å². The van der Waals surface area contributed by atoms with Gasteiger partial charge < -0.3 is 24.7 Å². The summed E-state index contributed by atoms with van der Waals surface area (Å²) in [6.45, 7) is 3.90. The van der Waals surface area contributed by atoms with Gasteiger partial charge in [-0.1, -0.05) is 6.07 Å². The first-order valence-electron chi connectivity index (χ1n) is 6.76. The largest absolute Gasteiger partial charge is 0.493 e. The predicted molar refractivity (Wildman–Crippen MR) is 78.9 cm³/mol. The second-order valence-corrected chi connectivity index (χ2v) is 4.73. The summed E-state index contributed by atoms with van der Waals surface area (Å²) in [6.07, 6.45) is 0.313. The van der Waals surface area contributed by atoms with Gasteiger partial charge in [-0.05, 0) is 26.0 Å². The van der Waals surface area contributed by atoms with E-state index in [1.54, 1.807) is 46.3 Å². The molecule has 0 aliphatic rings. The third kappa shape index (κ3) is 4.53. The molecule has 2 N–H and O–H groups in total. The van der Waals surface area contributed by atoms with Crippen LogP contribution in [-0.2, 0) is 9.53 Å². The number of esters is 1. The molecule has 0 aromatic heterocycles. The highest BCUT2D eigenvalue weighted by Crippen LogP contribution is 2.36. The number of rotatable bonds is 8. The molecule has 21 heavy (non-hydrogen) atoms. The molecule has 0 saturated carbocycles. The molecule has 0 heterocycles. The predicted octanol–water partition coefficient (Wildman–Crippen LogP) is 1.75. The summed E-state index contributed by atoms with van der Waals surface area (Å²) < 4.78 is 21.1. The first kappa shape index (κ1) is 17.1. The van der Waals surface area contributed by atoms with Crippen LogP contribution < -0.4 is 19.9 Å². The number of hydrogen-bond donors (Lipinski definition) is 1. The SMILES string of the molecule is CCOC(=O)C(C)(N)CCOc1c(OC)cccc1OC. The number of methoxy groups -OCH3 is 2. The summed E-state index contributed by atoms with van der Waals surface area (Å²) in [5.41, 5.74) is 4.84. The van der Waals surface area contributed by atoms with Gasteiger partial charge in [0, 0.05) is 6.42 Å². The number of para-hydroxylation sites is 1. The molecule has 0 aliphatic heterocycles. The van der Waals surface area contributed by atoms with E-state index >= 15 is 0 Å². The summed E-state index contributed by atoms with van der Waals surface area (Å²) in [5, 5.41) is 0. The van der Waals surface area contributed by atoms with Crippen molar-refractivity contribution in [2.24, 2.45) is 5.73 Å². The fraction of sp³-hybridized carbons (Fsp3) is 0.533. The highest BCUT2D eigenvalue weighted by atomic mass is 16.5. The van der Waals surface area contributed by atoms with Crippen molar-refractivity contribution in [3.63, 3.8) is 0 Å². The van der Waals surface area contributed by atoms with Crippen molar-refractivity contribution in [2.75, 3.05) is 27.4 Å². The van der Waals surface area contributed by atoms with E-state index in [0.717, 1.165) is 0 Å². The van der Waals surface area contributed by atoms with Gasteiger partial charge in [0.15, 0.2) is 11.5 Å².